The van der Waals surface area contributed by atoms with E-state index < -0.39 is 6.10 Å². The van der Waals surface area contributed by atoms with Crippen LogP contribution in [0, 0.1) is 0 Å². The van der Waals surface area contributed by atoms with Gasteiger partial charge in [0.05, 0.1) is 12.7 Å². The van der Waals surface area contributed by atoms with Crippen molar-refractivity contribution in [3.05, 3.63) is 29.8 Å². The Kier molecular flexibility index (Phi) is 6.97. The minimum absolute atomic E-state index is 0.0839. The monoisotopic (exact) mass is 266 g/mol. The molecule has 0 bridgehead atoms. The molecule has 0 aliphatic heterocycles. The van der Waals surface area contributed by atoms with Crippen molar-refractivity contribution in [3.63, 3.8) is 0 Å². The molecule has 1 rings (SSSR count). The molecule has 0 aliphatic carbocycles. The molecule has 0 aromatic heterocycles. The van der Waals surface area contributed by atoms with Crippen LogP contribution < -0.4 is 4.74 Å². The lowest BCUT2D eigenvalue weighted by Crippen LogP contribution is -2.15. The van der Waals surface area contributed by atoms with E-state index in [1.54, 1.807) is 24.3 Å². The van der Waals surface area contributed by atoms with Gasteiger partial charge in [0.15, 0.2) is 6.61 Å². The highest BCUT2D eigenvalue weighted by Gasteiger charge is 2.06. The van der Waals surface area contributed by atoms with Gasteiger partial charge in [0.25, 0.3) is 0 Å². The molecule has 1 N–H and O–H groups in total. The molecule has 0 radical (unpaired) electrons. The summed E-state index contributed by atoms with van der Waals surface area (Å²) < 4.78 is 10.3. The Bertz CT molecular complexity index is 372. The van der Waals surface area contributed by atoms with Crippen LogP contribution in [0.1, 0.15) is 44.8 Å². The van der Waals surface area contributed by atoms with Crippen molar-refractivity contribution in [3.8, 4) is 5.75 Å². The lowest BCUT2D eigenvalue weighted by atomic mass is 10.1. The zero-order valence-corrected chi connectivity index (χ0v) is 11.6. The number of benzene rings is 1. The maximum absolute atomic E-state index is 11.3. The van der Waals surface area contributed by atoms with Gasteiger partial charge in [-0.05, 0) is 30.5 Å². The fourth-order valence-corrected chi connectivity index (χ4v) is 1.54. The van der Waals surface area contributed by atoms with Gasteiger partial charge in [-0.2, -0.15) is 0 Å². The third-order valence-corrected chi connectivity index (χ3v) is 2.77. The largest absolute Gasteiger partial charge is 0.482 e. The predicted octanol–water partition coefficient (Wildman–Crippen LogP) is 2.85. The number of unbranched alkanes of at least 4 members (excludes halogenated alkanes) is 1. The number of ether oxygens (including phenoxy) is 2. The van der Waals surface area contributed by atoms with E-state index in [2.05, 4.69) is 0 Å². The molecule has 4 nitrogen and oxygen atoms in total. The van der Waals surface area contributed by atoms with Gasteiger partial charge >= 0.3 is 5.97 Å². The normalized spacial score (nSPS) is 11.9. The van der Waals surface area contributed by atoms with Crippen LogP contribution in [-0.2, 0) is 9.53 Å². The molecule has 0 heterocycles. The molecule has 0 spiro atoms. The molecule has 106 valence electrons. The van der Waals surface area contributed by atoms with Crippen molar-refractivity contribution in [2.75, 3.05) is 13.2 Å². The molecule has 1 aromatic rings. The van der Waals surface area contributed by atoms with Crippen LogP contribution in [0.4, 0.5) is 0 Å². The fraction of sp³-hybridized carbons (Fsp3) is 0.533. The average Bonchev–Trinajstić information content (AvgIpc) is 2.45. The van der Waals surface area contributed by atoms with Crippen molar-refractivity contribution < 1.29 is 19.4 Å². The summed E-state index contributed by atoms with van der Waals surface area (Å²) in [6, 6.07) is 7.08. The Labute approximate surface area is 114 Å². The summed E-state index contributed by atoms with van der Waals surface area (Å²) in [6.45, 7) is 4.32. The first-order valence-electron chi connectivity index (χ1n) is 6.73. The molecule has 0 saturated heterocycles. The number of rotatable bonds is 8. The van der Waals surface area contributed by atoms with E-state index in [9.17, 15) is 9.90 Å². The van der Waals surface area contributed by atoms with Gasteiger partial charge in [0, 0.05) is 0 Å². The van der Waals surface area contributed by atoms with Gasteiger partial charge in [-0.1, -0.05) is 32.4 Å². The topological polar surface area (TPSA) is 55.8 Å². The quantitative estimate of drug-likeness (QED) is 0.580. The van der Waals surface area contributed by atoms with Crippen molar-refractivity contribution in [1.82, 2.24) is 0 Å². The fourth-order valence-electron chi connectivity index (χ4n) is 1.54. The molecule has 4 heteroatoms. The molecule has 1 unspecified atom stereocenters. The van der Waals surface area contributed by atoms with Gasteiger partial charge in [-0.3, -0.25) is 0 Å². The summed E-state index contributed by atoms with van der Waals surface area (Å²) in [5.74, 6) is 0.241. The Morgan fingerprint density at radius 1 is 1.26 bits per heavy atom. The Morgan fingerprint density at radius 2 is 1.95 bits per heavy atom. The van der Waals surface area contributed by atoms with Crippen molar-refractivity contribution >= 4 is 5.97 Å². The molecule has 1 atom stereocenters. The Hall–Kier alpha value is -1.55. The highest BCUT2D eigenvalue weighted by atomic mass is 16.6. The zero-order valence-electron chi connectivity index (χ0n) is 11.6. The summed E-state index contributed by atoms with van der Waals surface area (Å²) in [6.07, 6.45) is 2.09. The van der Waals surface area contributed by atoms with E-state index >= 15 is 0 Å². The van der Waals surface area contributed by atoms with E-state index in [1.165, 1.54) is 0 Å². The highest BCUT2D eigenvalue weighted by molar-refractivity contribution is 5.71. The van der Waals surface area contributed by atoms with Crippen LogP contribution in [0.2, 0.25) is 0 Å². The summed E-state index contributed by atoms with van der Waals surface area (Å²) in [7, 11) is 0. The SMILES string of the molecule is CCCCOC(=O)COc1ccc(C(O)CC)cc1. The van der Waals surface area contributed by atoms with Crippen LogP contribution in [0.15, 0.2) is 24.3 Å². The minimum Gasteiger partial charge on any atom is -0.482 e. The highest BCUT2D eigenvalue weighted by Crippen LogP contribution is 2.19. The maximum atomic E-state index is 11.3. The van der Waals surface area contributed by atoms with E-state index in [4.69, 9.17) is 9.47 Å². The molecule has 0 amide bonds. The van der Waals surface area contributed by atoms with Gasteiger partial charge < -0.3 is 14.6 Å². The minimum atomic E-state index is -0.451. The van der Waals surface area contributed by atoms with Gasteiger partial charge in [-0.15, -0.1) is 0 Å². The second-order valence-corrected chi connectivity index (χ2v) is 4.36. The number of aliphatic hydroxyl groups excluding tert-OH is 1. The van der Waals surface area contributed by atoms with E-state index in [-0.39, 0.29) is 12.6 Å². The third-order valence-electron chi connectivity index (χ3n) is 2.77. The summed E-state index contributed by atoms with van der Waals surface area (Å²) in [5.41, 5.74) is 0.848. The average molecular weight is 266 g/mol. The summed E-state index contributed by atoms with van der Waals surface area (Å²) in [5, 5.41) is 9.64. The first-order valence-corrected chi connectivity index (χ1v) is 6.73. The molecular weight excluding hydrogens is 244 g/mol. The standard InChI is InChI=1S/C15H22O4/c1-3-5-10-18-15(17)11-19-13-8-6-12(7-9-13)14(16)4-2/h6-9,14,16H,3-5,10-11H2,1-2H3. The number of carbonyl (C=O) groups excluding carboxylic acids is 1. The van der Waals surface area contributed by atoms with E-state index in [0.717, 1.165) is 18.4 Å². The number of carbonyl (C=O) groups is 1. The molecular formula is C15H22O4. The Balaban J connectivity index is 2.35. The molecule has 0 saturated carbocycles. The number of aliphatic hydroxyl groups is 1. The summed E-state index contributed by atoms with van der Waals surface area (Å²) in [4.78, 5) is 11.3. The van der Waals surface area contributed by atoms with Crippen LogP contribution in [0.5, 0.6) is 5.75 Å². The lowest BCUT2D eigenvalue weighted by molar-refractivity contribution is -0.146. The van der Waals surface area contributed by atoms with Gasteiger partial charge in [0.2, 0.25) is 0 Å². The summed E-state index contributed by atoms with van der Waals surface area (Å²) >= 11 is 0. The Morgan fingerprint density at radius 3 is 2.53 bits per heavy atom. The second-order valence-electron chi connectivity index (χ2n) is 4.36. The van der Waals surface area contributed by atoms with Crippen LogP contribution in [0.3, 0.4) is 0 Å². The third kappa shape index (κ3) is 5.75. The van der Waals surface area contributed by atoms with Crippen LogP contribution in [0.25, 0.3) is 0 Å². The van der Waals surface area contributed by atoms with Crippen LogP contribution in [-0.4, -0.2) is 24.3 Å². The second kappa shape index (κ2) is 8.53. The van der Waals surface area contributed by atoms with Gasteiger partial charge in [0.1, 0.15) is 5.75 Å². The molecule has 0 aliphatic rings. The van der Waals surface area contributed by atoms with Crippen molar-refractivity contribution in [2.24, 2.45) is 0 Å². The van der Waals surface area contributed by atoms with E-state index in [0.29, 0.717) is 18.8 Å². The molecule has 19 heavy (non-hydrogen) atoms. The van der Waals surface area contributed by atoms with Crippen LogP contribution >= 0.6 is 0 Å². The van der Waals surface area contributed by atoms with E-state index in [1.807, 2.05) is 13.8 Å². The van der Waals surface area contributed by atoms with Gasteiger partial charge in [-0.25, -0.2) is 4.79 Å². The van der Waals surface area contributed by atoms with Crippen molar-refractivity contribution in [1.29, 1.82) is 0 Å². The number of esters is 1. The molecule has 1 aromatic carbocycles. The first-order chi connectivity index (χ1) is 9.17. The predicted molar refractivity (Wildman–Crippen MR) is 73.1 cm³/mol. The first kappa shape index (κ1) is 15.5. The number of hydrogen-bond donors (Lipinski definition) is 1. The van der Waals surface area contributed by atoms with Crippen molar-refractivity contribution in [2.45, 2.75) is 39.2 Å². The zero-order chi connectivity index (χ0) is 14.1. The lowest BCUT2D eigenvalue weighted by Gasteiger charge is -2.10. The maximum Gasteiger partial charge on any atom is 0.344 e. The number of hydrogen-bond acceptors (Lipinski definition) is 4. The smallest absolute Gasteiger partial charge is 0.344 e. The molecule has 0 fully saturated rings.